The maximum atomic E-state index is 13.5. The summed E-state index contributed by atoms with van der Waals surface area (Å²) in [5.41, 5.74) is 2.59. The van der Waals surface area contributed by atoms with E-state index in [1.165, 1.54) is 0 Å². The lowest BCUT2D eigenvalue weighted by Crippen LogP contribution is -2.52. The summed E-state index contributed by atoms with van der Waals surface area (Å²) in [6.07, 6.45) is 1.76. The van der Waals surface area contributed by atoms with Crippen LogP contribution < -0.4 is 9.64 Å². The first-order chi connectivity index (χ1) is 15.9. The fourth-order valence-corrected chi connectivity index (χ4v) is 4.87. The van der Waals surface area contributed by atoms with Crippen molar-refractivity contribution in [2.24, 2.45) is 0 Å². The van der Waals surface area contributed by atoms with Crippen molar-refractivity contribution in [2.75, 3.05) is 38.2 Å². The number of anilines is 1. The summed E-state index contributed by atoms with van der Waals surface area (Å²) in [4.78, 5) is 27.0. The van der Waals surface area contributed by atoms with Crippen molar-refractivity contribution in [1.82, 2.24) is 24.6 Å². The third-order valence-corrected chi connectivity index (χ3v) is 6.71. The lowest BCUT2D eigenvalue weighted by Gasteiger charge is -2.37. The van der Waals surface area contributed by atoms with Gasteiger partial charge in [-0.25, -0.2) is 14.6 Å². The zero-order valence-corrected chi connectivity index (χ0v) is 19.7. The molecular weight excluding hydrogens is 416 g/mol. The van der Waals surface area contributed by atoms with E-state index in [2.05, 4.69) is 20.0 Å². The van der Waals surface area contributed by atoms with Gasteiger partial charge in [-0.2, -0.15) is 5.10 Å². The second kappa shape index (κ2) is 8.17. The summed E-state index contributed by atoms with van der Waals surface area (Å²) < 4.78 is 7.41. The van der Waals surface area contributed by atoms with Crippen LogP contribution in [0.3, 0.4) is 0 Å². The standard InChI is InChI=1S/C25H30N6O2/c1-17-15-18(2)31(28-17)23-16-22(26-19(3)27-23)29-11-13-30(14-12-29)24(32)25(9-10-25)20-7-5-6-8-21(20)33-4/h5-8,15-16H,9-14H2,1-4H3. The molecule has 2 aromatic heterocycles. The molecule has 0 radical (unpaired) electrons. The maximum absolute atomic E-state index is 13.5. The van der Waals surface area contributed by atoms with Crippen LogP contribution in [0.5, 0.6) is 5.75 Å². The number of carbonyl (C=O) groups is 1. The molecular formula is C25H30N6O2. The lowest BCUT2D eigenvalue weighted by molar-refractivity contribution is -0.134. The van der Waals surface area contributed by atoms with Gasteiger partial charge in [-0.1, -0.05) is 18.2 Å². The molecule has 172 valence electrons. The largest absolute Gasteiger partial charge is 0.496 e. The number of aryl methyl sites for hydroxylation is 3. The molecule has 8 nitrogen and oxygen atoms in total. The molecule has 0 N–H and O–H groups in total. The highest BCUT2D eigenvalue weighted by Crippen LogP contribution is 2.52. The van der Waals surface area contributed by atoms with Crippen LogP contribution in [0.4, 0.5) is 5.82 Å². The van der Waals surface area contributed by atoms with Crippen molar-refractivity contribution in [2.45, 2.75) is 39.0 Å². The molecule has 5 rings (SSSR count). The van der Waals surface area contributed by atoms with Crippen LogP contribution in [0, 0.1) is 20.8 Å². The number of aromatic nitrogens is 4. The van der Waals surface area contributed by atoms with Crippen molar-refractivity contribution in [1.29, 1.82) is 0 Å². The molecule has 0 bridgehead atoms. The van der Waals surface area contributed by atoms with Gasteiger partial charge in [0.15, 0.2) is 5.82 Å². The molecule has 3 aromatic rings. The molecule has 0 spiro atoms. The zero-order chi connectivity index (χ0) is 23.2. The molecule has 2 fully saturated rings. The summed E-state index contributed by atoms with van der Waals surface area (Å²) in [5.74, 6) is 3.38. The SMILES string of the molecule is COc1ccccc1C1(C(=O)N2CCN(c3cc(-n4nc(C)cc4C)nc(C)n3)CC2)CC1. The highest BCUT2D eigenvalue weighted by Gasteiger charge is 2.54. The van der Waals surface area contributed by atoms with Crippen molar-refractivity contribution < 1.29 is 9.53 Å². The number of para-hydroxylation sites is 1. The molecule has 1 amide bonds. The second-order valence-corrected chi connectivity index (χ2v) is 9.03. The third-order valence-electron chi connectivity index (χ3n) is 6.71. The van der Waals surface area contributed by atoms with Gasteiger partial charge in [-0.15, -0.1) is 0 Å². The van der Waals surface area contributed by atoms with E-state index in [4.69, 9.17) is 4.74 Å². The van der Waals surface area contributed by atoms with E-state index in [9.17, 15) is 4.79 Å². The minimum absolute atomic E-state index is 0.217. The van der Waals surface area contributed by atoms with Gasteiger partial charge in [0.25, 0.3) is 0 Å². The van der Waals surface area contributed by atoms with Crippen LogP contribution in [-0.4, -0.2) is 63.8 Å². The Kier molecular flexibility index (Phi) is 5.31. The van der Waals surface area contributed by atoms with Crippen LogP contribution in [-0.2, 0) is 10.2 Å². The van der Waals surface area contributed by atoms with Crippen molar-refractivity contribution in [3.8, 4) is 11.6 Å². The Balaban J connectivity index is 1.32. The average molecular weight is 447 g/mol. The Bertz CT molecular complexity index is 1190. The van der Waals surface area contributed by atoms with Crippen LogP contribution in [0.2, 0.25) is 0 Å². The highest BCUT2D eigenvalue weighted by molar-refractivity contribution is 5.92. The van der Waals surface area contributed by atoms with Crippen LogP contribution in [0.1, 0.15) is 35.6 Å². The number of benzene rings is 1. The lowest BCUT2D eigenvalue weighted by atomic mass is 9.93. The Morgan fingerprint density at radius 3 is 2.30 bits per heavy atom. The van der Waals surface area contributed by atoms with Crippen LogP contribution >= 0.6 is 0 Å². The Hall–Kier alpha value is -3.42. The molecule has 1 aromatic carbocycles. The van der Waals surface area contributed by atoms with Gasteiger partial charge in [0, 0.05) is 43.5 Å². The third kappa shape index (κ3) is 3.83. The van der Waals surface area contributed by atoms with Crippen molar-refractivity contribution in [3.05, 3.63) is 59.2 Å². The predicted molar refractivity (Wildman–Crippen MR) is 126 cm³/mol. The number of nitrogens with zero attached hydrogens (tertiary/aromatic N) is 6. The van der Waals surface area contributed by atoms with Gasteiger partial charge in [0.1, 0.15) is 17.4 Å². The predicted octanol–water partition coefficient (Wildman–Crippen LogP) is 2.98. The number of carbonyl (C=O) groups excluding carboxylic acids is 1. The number of rotatable bonds is 5. The van der Waals surface area contributed by atoms with E-state index < -0.39 is 5.41 Å². The quantitative estimate of drug-likeness (QED) is 0.600. The smallest absolute Gasteiger partial charge is 0.233 e. The van der Waals surface area contributed by atoms with E-state index in [1.807, 2.05) is 66.8 Å². The fourth-order valence-electron chi connectivity index (χ4n) is 4.87. The minimum atomic E-state index is -0.428. The Morgan fingerprint density at radius 1 is 0.970 bits per heavy atom. The maximum Gasteiger partial charge on any atom is 0.233 e. The molecule has 33 heavy (non-hydrogen) atoms. The second-order valence-electron chi connectivity index (χ2n) is 9.03. The van der Waals surface area contributed by atoms with Crippen LogP contribution in [0.25, 0.3) is 5.82 Å². The molecule has 0 unspecified atom stereocenters. The number of hydrogen-bond donors (Lipinski definition) is 0. The first-order valence-electron chi connectivity index (χ1n) is 11.5. The van der Waals surface area contributed by atoms with Gasteiger partial charge in [-0.3, -0.25) is 4.79 Å². The first kappa shape index (κ1) is 21.4. The molecule has 1 saturated carbocycles. The molecule has 1 saturated heterocycles. The monoisotopic (exact) mass is 446 g/mol. The number of piperazine rings is 1. The van der Waals surface area contributed by atoms with E-state index >= 15 is 0 Å². The summed E-state index contributed by atoms with van der Waals surface area (Å²) in [6, 6.07) is 11.9. The fraction of sp³-hybridized carbons (Fsp3) is 0.440. The molecule has 1 aliphatic carbocycles. The molecule has 1 aliphatic heterocycles. The summed E-state index contributed by atoms with van der Waals surface area (Å²) >= 11 is 0. The molecule has 3 heterocycles. The number of ether oxygens (including phenoxy) is 1. The van der Waals surface area contributed by atoms with Gasteiger partial charge in [0.2, 0.25) is 5.91 Å². The first-order valence-corrected chi connectivity index (χ1v) is 11.5. The number of amides is 1. The summed E-state index contributed by atoms with van der Waals surface area (Å²) in [6.45, 7) is 8.73. The average Bonchev–Trinajstić information content (AvgIpc) is 3.56. The Labute approximate surface area is 194 Å². The van der Waals surface area contributed by atoms with E-state index in [-0.39, 0.29) is 5.91 Å². The number of methoxy groups -OCH3 is 1. The topological polar surface area (TPSA) is 76.4 Å². The molecule has 2 aliphatic rings. The zero-order valence-electron chi connectivity index (χ0n) is 19.7. The van der Waals surface area contributed by atoms with E-state index in [0.717, 1.165) is 60.3 Å². The minimum Gasteiger partial charge on any atom is -0.496 e. The van der Waals surface area contributed by atoms with E-state index in [1.54, 1.807) is 7.11 Å². The number of hydrogen-bond acceptors (Lipinski definition) is 6. The van der Waals surface area contributed by atoms with E-state index in [0.29, 0.717) is 18.9 Å². The van der Waals surface area contributed by atoms with Gasteiger partial charge in [0.05, 0.1) is 18.2 Å². The van der Waals surface area contributed by atoms with Gasteiger partial charge < -0.3 is 14.5 Å². The molecule has 0 atom stereocenters. The van der Waals surface area contributed by atoms with Gasteiger partial charge >= 0.3 is 0 Å². The van der Waals surface area contributed by atoms with Crippen molar-refractivity contribution >= 4 is 11.7 Å². The van der Waals surface area contributed by atoms with Gasteiger partial charge in [-0.05, 0) is 45.7 Å². The Morgan fingerprint density at radius 2 is 1.67 bits per heavy atom. The van der Waals surface area contributed by atoms with Crippen molar-refractivity contribution in [3.63, 3.8) is 0 Å². The summed E-state index contributed by atoms with van der Waals surface area (Å²) in [5, 5.41) is 4.56. The normalized spacial score (nSPS) is 17.2. The highest BCUT2D eigenvalue weighted by atomic mass is 16.5. The molecule has 8 heteroatoms. The summed E-state index contributed by atoms with van der Waals surface area (Å²) in [7, 11) is 1.67. The van der Waals surface area contributed by atoms with Crippen LogP contribution in [0.15, 0.2) is 36.4 Å².